The molecule has 1 fully saturated rings. The van der Waals surface area contributed by atoms with E-state index in [-0.39, 0.29) is 11.9 Å². The Morgan fingerprint density at radius 1 is 1.53 bits per heavy atom. The Labute approximate surface area is 98.0 Å². The lowest BCUT2D eigenvalue weighted by atomic mass is 10.3. The van der Waals surface area contributed by atoms with Crippen LogP contribution < -0.4 is 15.8 Å². The third-order valence-electron chi connectivity index (χ3n) is 3.08. The van der Waals surface area contributed by atoms with E-state index in [2.05, 4.69) is 5.32 Å². The van der Waals surface area contributed by atoms with Gasteiger partial charge in [0.25, 0.3) is 0 Å². The van der Waals surface area contributed by atoms with Gasteiger partial charge in [-0.05, 0) is 25.1 Å². The second kappa shape index (κ2) is 3.92. The van der Waals surface area contributed by atoms with E-state index in [9.17, 15) is 4.79 Å². The lowest BCUT2D eigenvalue weighted by molar-refractivity contribution is 0.223. The molecule has 2 heterocycles. The SMILES string of the molecule is Cn1c(=O)oc2ccc(OC3CCNC3)cc21. The molecule has 0 amide bonds. The Hall–Kier alpha value is -1.75. The van der Waals surface area contributed by atoms with E-state index in [4.69, 9.17) is 9.15 Å². The molecular weight excluding hydrogens is 220 g/mol. The summed E-state index contributed by atoms with van der Waals surface area (Å²) in [4.78, 5) is 11.3. The quantitative estimate of drug-likeness (QED) is 0.837. The highest BCUT2D eigenvalue weighted by molar-refractivity contribution is 5.74. The van der Waals surface area contributed by atoms with Gasteiger partial charge in [0.1, 0.15) is 11.9 Å². The molecule has 1 aromatic heterocycles. The third-order valence-corrected chi connectivity index (χ3v) is 3.08. The Balaban J connectivity index is 1.95. The van der Waals surface area contributed by atoms with Crippen LogP contribution in [0, 0.1) is 0 Å². The normalized spacial score (nSPS) is 19.9. The summed E-state index contributed by atoms with van der Waals surface area (Å²) in [6.45, 7) is 1.87. The van der Waals surface area contributed by atoms with Gasteiger partial charge in [-0.25, -0.2) is 4.79 Å². The summed E-state index contributed by atoms with van der Waals surface area (Å²) < 4.78 is 12.4. The van der Waals surface area contributed by atoms with Crippen molar-refractivity contribution in [3.05, 3.63) is 28.7 Å². The lowest BCUT2D eigenvalue weighted by Crippen LogP contribution is -2.19. The number of rotatable bonds is 2. The highest BCUT2D eigenvalue weighted by atomic mass is 16.5. The molecule has 2 aromatic rings. The minimum atomic E-state index is -0.348. The van der Waals surface area contributed by atoms with Gasteiger partial charge >= 0.3 is 5.76 Å². The van der Waals surface area contributed by atoms with Crippen LogP contribution in [0.1, 0.15) is 6.42 Å². The first-order valence-corrected chi connectivity index (χ1v) is 5.71. The zero-order valence-electron chi connectivity index (χ0n) is 9.60. The molecule has 0 spiro atoms. The molecule has 0 aliphatic carbocycles. The summed E-state index contributed by atoms with van der Waals surface area (Å²) in [5, 5.41) is 3.25. The molecule has 1 aromatic carbocycles. The standard InChI is InChI=1S/C12H14N2O3/c1-14-10-6-8(16-9-4-5-13-7-9)2-3-11(10)17-12(14)15/h2-3,6,9,13H,4-5,7H2,1H3. The van der Waals surface area contributed by atoms with Crippen molar-refractivity contribution in [2.75, 3.05) is 13.1 Å². The van der Waals surface area contributed by atoms with E-state index < -0.39 is 0 Å². The van der Waals surface area contributed by atoms with E-state index in [0.717, 1.165) is 30.8 Å². The average molecular weight is 234 g/mol. The molecule has 17 heavy (non-hydrogen) atoms. The maximum Gasteiger partial charge on any atom is 0.419 e. The summed E-state index contributed by atoms with van der Waals surface area (Å²) in [5.74, 6) is 0.433. The van der Waals surface area contributed by atoms with Crippen LogP contribution in [0.5, 0.6) is 5.75 Å². The molecule has 1 N–H and O–H groups in total. The van der Waals surface area contributed by atoms with Gasteiger partial charge < -0.3 is 14.5 Å². The summed E-state index contributed by atoms with van der Waals surface area (Å²) >= 11 is 0. The van der Waals surface area contributed by atoms with Crippen molar-refractivity contribution >= 4 is 11.1 Å². The van der Waals surface area contributed by atoms with E-state index in [1.165, 1.54) is 4.57 Å². The van der Waals surface area contributed by atoms with Crippen molar-refractivity contribution in [1.29, 1.82) is 0 Å². The number of oxazole rings is 1. The molecule has 5 heteroatoms. The molecule has 1 aliphatic heterocycles. The highest BCUT2D eigenvalue weighted by Gasteiger charge is 2.16. The maximum absolute atomic E-state index is 11.3. The van der Waals surface area contributed by atoms with E-state index >= 15 is 0 Å². The second-order valence-corrected chi connectivity index (χ2v) is 4.29. The fraction of sp³-hybridized carbons (Fsp3) is 0.417. The number of fused-ring (bicyclic) bond motifs is 1. The van der Waals surface area contributed by atoms with Gasteiger partial charge in [-0.1, -0.05) is 0 Å². The molecular formula is C12H14N2O3. The molecule has 1 atom stereocenters. The molecule has 0 radical (unpaired) electrons. The molecule has 5 nitrogen and oxygen atoms in total. The first kappa shape index (κ1) is 10.4. The van der Waals surface area contributed by atoms with Crippen LogP contribution in [-0.4, -0.2) is 23.8 Å². The van der Waals surface area contributed by atoms with E-state index in [0.29, 0.717) is 5.58 Å². The minimum Gasteiger partial charge on any atom is -0.489 e. The first-order valence-electron chi connectivity index (χ1n) is 5.71. The van der Waals surface area contributed by atoms with Crippen LogP contribution in [0.3, 0.4) is 0 Å². The molecule has 0 saturated carbocycles. The molecule has 1 saturated heterocycles. The van der Waals surface area contributed by atoms with Crippen molar-refractivity contribution in [3.63, 3.8) is 0 Å². The number of nitrogens with one attached hydrogen (secondary N) is 1. The number of nitrogens with zero attached hydrogens (tertiary/aromatic N) is 1. The van der Waals surface area contributed by atoms with Crippen molar-refractivity contribution in [1.82, 2.24) is 9.88 Å². The van der Waals surface area contributed by atoms with E-state index in [1.54, 1.807) is 13.1 Å². The van der Waals surface area contributed by atoms with Crippen LogP contribution in [0.15, 0.2) is 27.4 Å². The number of hydrogen-bond acceptors (Lipinski definition) is 4. The van der Waals surface area contributed by atoms with Crippen LogP contribution in [0.2, 0.25) is 0 Å². The fourth-order valence-electron chi connectivity index (χ4n) is 2.10. The summed E-state index contributed by atoms with van der Waals surface area (Å²) in [6, 6.07) is 5.45. The van der Waals surface area contributed by atoms with E-state index in [1.807, 2.05) is 12.1 Å². The smallest absolute Gasteiger partial charge is 0.419 e. The van der Waals surface area contributed by atoms with Gasteiger partial charge in [0.15, 0.2) is 5.58 Å². The van der Waals surface area contributed by atoms with Crippen molar-refractivity contribution < 1.29 is 9.15 Å². The molecule has 1 unspecified atom stereocenters. The Morgan fingerprint density at radius 2 is 2.41 bits per heavy atom. The van der Waals surface area contributed by atoms with Crippen LogP contribution >= 0.6 is 0 Å². The van der Waals surface area contributed by atoms with Crippen LogP contribution in [0.4, 0.5) is 0 Å². The van der Waals surface area contributed by atoms with Gasteiger partial charge in [-0.2, -0.15) is 0 Å². The maximum atomic E-state index is 11.3. The second-order valence-electron chi connectivity index (χ2n) is 4.29. The van der Waals surface area contributed by atoms with Crippen molar-refractivity contribution in [2.45, 2.75) is 12.5 Å². The zero-order chi connectivity index (χ0) is 11.8. The van der Waals surface area contributed by atoms with Crippen molar-refractivity contribution in [3.8, 4) is 5.75 Å². The van der Waals surface area contributed by atoms with Crippen LogP contribution in [-0.2, 0) is 7.05 Å². The van der Waals surface area contributed by atoms with Gasteiger partial charge in [0.2, 0.25) is 0 Å². The molecule has 90 valence electrons. The number of ether oxygens (including phenoxy) is 1. The summed E-state index contributed by atoms with van der Waals surface area (Å²) in [6.07, 6.45) is 1.24. The number of aryl methyl sites for hydroxylation is 1. The topological polar surface area (TPSA) is 56.4 Å². The fourth-order valence-corrected chi connectivity index (χ4v) is 2.10. The van der Waals surface area contributed by atoms with Crippen molar-refractivity contribution in [2.24, 2.45) is 7.05 Å². The molecule has 0 bridgehead atoms. The number of hydrogen-bond donors (Lipinski definition) is 1. The summed E-state index contributed by atoms with van der Waals surface area (Å²) in [7, 11) is 1.69. The average Bonchev–Trinajstić information content (AvgIpc) is 2.91. The first-order chi connectivity index (χ1) is 8.24. The minimum absolute atomic E-state index is 0.219. The highest BCUT2D eigenvalue weighted by Crippen LogP contribution is 2.21. The van der Waals surface area contributed by atoms with Gasteiger partial charge in [-0.3, -0.25) is 4.57 Å². The van der Waals surface area contributed by atoms with Gasteiger partial charge in [0, 0.05) is 19.7 Å². The van der Waals surface area contributed by atoms with Crippen LogP contribution in [0.25, 0.3) is 11.1 Å². The van der Waals surface area contributed by atoms with Gasteiger partial charge in [0.05, 0.1) is 5.52 Å². The Bertz CT molecular complexity index is 593. The third kappa shape index (κ3) is 1.82. The monoisotopic (exact) mass is 234 g/mol. The molecule has 3 rings (SSSR count). The Kier molecular flexibility index (Phi) is 2.40. The lowest BCUT2D eigenvalue weighted by Gasteiger charge is -2.12. The largest absolute Gasteiger partial charge is 0.489 e. The number of aromatic nitrogens is 1. The van der Waals surface area contributed by atoms with Gasteiger partial charge in [-0.15, -0.1) is 0 Å². The molecule has 1 aliphatic rings. The predicted molar refractivity (Wildman–Crippen MR) is 63.4 cm³/mol. The zero-order valence-corrected chi connectivity index (χ0v) is 9.60. The Morgan fingerprint density at radius 3 is 3.18 bits per heavy atom. The predicted octanol–water partition coefficient (Wildman–Crippen LogP) is 0.872. The number of benzene rings is 1. The summed E-state index contributed by atoms with van der Waals surface area (Å²) in [5.41, 5.74) is 1.35.